The maximum Gasteiger partial charge on any atom is 1.00 e. The fraction of sp³-hybridized carbons (Fsp3) is 0.364. The Morgan fingerprint density at radius 2 is 1.76 bits per heavy atom. The van der Waals surface area contributed by atoms with Crippen molar-refractivity contribution in [1.29, 1.82) is 0 Å². The van der Waals surface area contributed by atoms with E-state index in [1.165, 1.54) is 0 Å². The van der Waals surface area contributed by atoms with Crippen LogP contribution >= 0.6 is 11.8 Å². The van der Waals surface area contributed by atoms with E-state index in [0.717, 1.165) is 23.6 Å². The molecule has 2 heterocycles. The normalized spacial score (nSPS) is 18.4. The fourth-order valence-corrected chi connectivity index (χ4v) is 4.91. The Kier molecular flexibility index (Phi) is 14.0. The van der Waals surface area contributed by atoms with Gasteiger partial charge < -0.3 is 39.9 Å². The van der Waals surface area contributed by atoms with Gasteiger partial charge in [-0.15, -0.1) is 11.8 Å². The predicted octanol–water partition coefficient (Wildman–Crippen LogP) is -9.41. The number of hydrogen-bond acceptors (Lipinski definition) is 11. The van der Waals surface area contributed by atoms with Gasteiger partial charge in [0.05, 0.1) is 24.2 Å². The van der Waals surface area contributed by atoms with Gasteiger partial charge in [-0.25, -0.2) is 0 Å². The smallest absolute Gasteiger partial charge is 0.548 e. The summed E-state index contributed by atoms with van der Waals surface area (Å²) in [6.07, 6.45) is 0. The monoisotopic (exact) mass is 565 g/mol. The zero-order valence-corrected chi connectivity index (χ0v) is 25.7. The van der Waals surface area contributed by atoms with Gasteiger partial charge >= 0.3 is 65.1 Å². The number of thioether (sulfide) groups is 1. The van der Waals surface area contributed by atoms with Crippen molar-refractivity contribution < 1.29 is 108 Å². The van der Waals surface area contributed by atoms with Crippen LogP contribution < -0.4 is 80.0 Å². The summed E-state index contributed by atoms with van der Waals surface area (Å²) in [5, 5.41) is 26.4. The Balaban J connectivity index is 0.00000361. The zero-order valence-electron chi connectivity index (χ0n) is 20.9. The first-order valence-electron chi connectivity index (χ1n) is 10.5. The maximum atomic E-state index is 13.1. The van der Waals surface area contributed by atoms with E-state index in [0.29, 0.717) is 5.56 Å². The van der Waals surface area contributed by atoms with E-state index in [9.17, 15) is 39.0 Å². The van der Waals surface area contributed by atoms with Crippen LogP contribution in [-0.2, 0) is 38.2 Å². The maximum absolute atomic E-state index is 13.1. The van der Waals surface area contributed by atoms with Crippen LogP contribution in [0.5, 0.6) is 0 Å². The number of ether oxygens (including phenoxy) is 2. The molecule has 2 aliphatic rings. The van der Waals surface area contributed by atoms with E-state index in [1.54, 1.807) is 30.3 Å². The van der Waals surface area contributed by atoms with Gasteiger partial charge in [0.15, 0.2) is 0 Å². The van der Waals surface area contributed by atoms with Gasteiger partial charge in [-0.2, -0.15) is 0 Å². The number of carbonyl (C=O) groups is 6. The minimum Gasteiger partial charge on any atom is -0.548 e. The van der Waals surface area contributed by atoms with E-state index >= 15 is 0 Å². The van der Waals surface area contributed by atoms with Crippen LogP contribution in [0.3, 0.4) is 0 Å². The van der Waals surface area contributed by atoms with Gasteiger partial charge in [-0.05, 0) is 5.56 Å². The Bertz CT molecular complexity index is 1120. The van der Waals surface area contributed by atoms with Crippen LogP contribution in [0.25, 0.3) is 0 Å². The van der Waals surface area contributed by atoms with Crippen LogP contribution in [0.2, 0.25) is 0 Å². The largest absolute Gasteiger partial charge is 1.00 e. The van der Waals surface area contributed by atoms with Gasteiger partial charge in [0.25, 0.3) is 5.91 Å². The van der Waals surface area contributed by atoms with Crippen molar-refractivity contribution in [3.63, 3.8) is 0 Å². The van der Waals surface area contributed by atoms with Crippen LogP contribution in [-0.4, -0.2) is 77.5 Å². The van der Waals surface area contributed by atoms with Crippen molar-refractivity contribution in [1.82, 2.24) is 15.5 Å². The molecule has 3 atom stereocenters. The van der Waals surface area contributed by atoms with Gasteiger partial charge in [0.2, 0.25) is 11.8 Å². The molecule has 0 bridgehead atoms. The molecular weight excluding hydrogens is 544 g/mol. The number of rotatable bonds is 11. The number of hydrogen-bond donors (Lipinski definition) is 2. The van der Waals surface area contributed by atoms with E-state index in [1.807, 2.05) is 0 Å². The summed E-state index contributed by atoms with van der Waals surface area (Å²) >= 11 is 1.16. The quantitative estimate of drug-likeness (QED) is 0.147. The fourth-order valence-electron chi connectivity index (χ4n) is 3.58. The second-order valence-corrected chi connectivity index (χ2v) is 8.80. The number of β-lactam (4-membered cyclic amide) rings is 1. The molecule has 38 heavy (non-hydrogen) atoms. The topological polar surface area (TPSA) is 194 Å². The van der Waals surface area contributed by atoms with Crippen molar-refractivity contribution >= 4 is 47.4 Å². The summed E-state index contributed by atoms with van der Waals surface area (Å²) in [5.74, 6) is -5.89. The standard InChI is InChI=1S/C22H23N3O10S.2Na/c1-11(26)35-7-13-10-36-21-17(20(31)25(21)18(13)22(32)33)24-19(30)16(12-5-3-2-4-6-12)23-14(27)8-34-9-15(28)29;;/h2-6,16-17,21H,7-10H2,1H3,(H,23,27)(H,24,30)(H,28,29)(H,32,33);;/q;2*+1/p-2/t16?,17-,21-;;/m1../s1. The number of fused-ring (bicyclic) bond motifs is 1. The van der Waals surface area contributed by atoms with E-state index in [-0.39, 0.29) is 77.0 Å². The summed E-state index contributed by atoms with van der Waals surface area (Å²) < 4.78 is 9.54. The first-order chi connectivity index (χ1) is 17.1. The number of esters is 1. The molecule has 0 spiro atoms. The van der Waals surface area contributed by atoms with E-state index in [4.69, 9.17) is 4.74 Å². The molecule has 1 fully saturated rings. The van der Waals surface area contributed by atoms with Gasteiger partial charge in [0.1, 0.15) is 30.7 Å². The van der Waals surface area contributed by atoms with Crippen molar-refractivity contribution in [2.45, 2.75) is 24.4 Å². The summed E-state index contributed by atoms with van der Waals surface area (Å²) in [4.78, 5) is 72.4. The molecule has 3 amide bonds. The van der Waals surface area contributed by atoms with Crippen molar-refractivity contribution in [2.75, 3.05) is 25.6 Å². The molecule has 13 nitrogen and oxygen atoms in total. The summed E-state index contributed by atoms with van der Waals surface area (Å²) in [7, 11) is 0. The predicted molar refractivity (Wildman–Crippen MR) is 117 cm³/mol. The molecule has 2 N–H and O–H groups in total. The van der Waals surface area contributed by atoms with Gasteiger partial charge in [-0.3, -0.25) is 24.1 Å². The summed E-state index contributed by atoms with van der Waals surface area (Å²) in [6.45, 7) is -0.615. The number of nitrogens with zero attached hydrogens (tertiary/aromatic N) is 1. The van der Waals surface area contributed by atoms with Crippen molar-refractivity contribution in [3.05, 3.63) is 47.2 Å². The van der Waals surface area contributed by atoms with E-state index in [2.05, 4.69) is 15.4 Å². The molecule has 0 radical (unpaired) electrons. The molecular formula is C22H21N3Na2O10S. The van der Waals surface area contributed by atoms with E-state index < -0.39 is 72.0 Å². The molecule has 0 aliphatic carbocycles. The molecule has 3 rings (SSSR count). The van der Waals surface area contributed by atoms with Gasteiger partial charge in [-0.1, -0.05) is 30.3 Å². The summed E-state index contributed by atoms with van der Waals surface area (Å²) in [6, 6.07) is 5.73. The molecule has 1 aromatic rings. The molecule has 0 saturated carbocycles. The molecule has 1 aromatic carbocycles. The third-order valence-electron chi connectivity index (χ3n) is 5.14. The average Bonchev–Trinajstić information content (AvgIpc) is 2.83. The Morgan fingerprint density at radius 3 is 2.34 bits per heavy atom. The average molecular weight is 565 g/mol. The number of nitrogens with one attached hydrogen (secondary N) is 2. The number of carbonyl (C=O) groups excluding carboxylic acids is 6. The second-order valence-electron chi connectivity index (χ2n) is 7.69. The van der Waals surface area contributed by atoms with Crippen LogP contribution in [0.1, 0.15) is 18.5 Å². The molecule has 192 valence electrons. The SMILES string of the molecule is CC(=O)OCC1=C(C(=O)[O-])N2C(=O)[C@@H](NC(=O)C(NC(=O)COCC(=O)[O-])c3ccccc3)[C@H]2SC1.[Na+].[Na+]. The third-order valence-corrected chi connectivity index (χ3v) is 6.48. The number of carboxylic acids is 2. The van der Waals surface area contributed by atoms with Crippen LogP contribution in [0.4, 0.5) is 0 Å². The molecule has 0 aromatic heterocycles. The van der Waals surface area contributed by atoms with Crippen molar-refractivity contribution in [2.24, 2.45) is 0 Å². The molecule has 16 heteroatoms. The minimum absolute atomic E-state index is 0. The second kappa shape index (κ2) is 15.6. The van der Waals surface area contributed by atoms with Crippen LogP contribution in [0.15, 0.2) is 41.6 Å². The number of carboxylic acid groups (broad SMARTS) is 2. The molecule has 1 saturated heterocycles. The Hall–Kier alpha value is -1.91. The Labute approximate surface area is 265 Å². The minimum atomic E-state index is -1.62. The van der Waals surface area contributed by atoms with Gasteiger partial charge in [0, 0.05) is 18.2 Å². The first kappa shape index (κ1) is 34.1. The third kappa shape index (κ3) is 8.55. The number of aliphatic carboxylic acids is 2. The first-order valence-corrected chi connectivity index (χ1v) is 11.6. The molecule has 1 unspecified atom stereocenters. The Morgan fingerprint density at radius 1 is 1.11 bits per heavy atom. The summed E-state index contributed by atoms with van der Waals surface area (Å²) in [5.41, 5.74) is 0.159. The number of benzene rings is 1. The zero-order chi connectivity index (χ0) is 26.4. The van der Waals surface area contributed by atoms with Crippen molar-refractivity contribution in [3.8, 4) is 0 Å². The molecule has 2 aliphatic heterocycles. The number of amides is 3. The van der Waals surface area contributed by atoms with Crippen LogP contribution in [0, 0.1) is 0 Å².